The van der Waals surface area contributed by atoms with E-state index in [2.05, 4.69) is 50.5 Å². The van der Waals surface area contributed by atoms with Gasteiger partial charge in [-0.25, -0.2) is 38.7 Å². The van der Waals surface area contributed by atoms with Gasteiger partial charge in [0.2, 0.25) is 5.91 Å². The number of piperidine rings is 2. The number of amides is 2. The summed E-state index contributed by atoms with van der Waals surface area (Å²) in [4.78, 5) is 60.9. The number of rotatable bonds is 9. The maximum Gasteiger partial charge on any atom is 0.263 e. The van der Waals surface area contributed by atoms with E-state index in [1.165, 1.54) is 17.5 Å². The molecule has 2 atom stereocenters. The summed E-state index contributed by atoms with van der Waals surface area (Å²) in [6.45, 7) is 5.43. The quantitative estimate of drug-likeness (QED) is 0.109. The highest BCUT2D eigenvalue weighted by atomic mass is 35.5. The molecule has 2 amide bonds. The van der Waals surface area contributed by atoms with Crippen LogP contribution in [0.25, 0.3) is 54.9 Å². The number of anilines is 2. The van der Waals surface area contributed by atoms with E-state index in [4.69, 9.17) is 23.2 Å². The number of hydrogen-bond acceptors (Lipinski definition) is 11. The number of hydrogen-bond donors (Lipinski definition) is 4. The number of nitrogens with one attached hydrogen (secondary N) is 4. The van der Waals surface area contributed by atoms with Crippen molar-refractivity contribution in [1.82, 2.24) is 49.7 Å². The molecule has 2 aliphatic heterocycles. The minimum Gasteiger partial charge on any atom is -0.367 e. The van der Waals surface area contributed by atoms with Gasteiger partial charge in [-0.15, -0.1) is 11.3 Å². The van der Waals surface area contributed by atoms with E-state index in [1.54, 1.807) is 43.8 Å². The molecule has 8 aromatic rings. The predicted octanol–water partition coefficient (Wildman–Crippen LogP) is 9.47. The standard InChI is InChI=1S/C26H22ClFN6OS.C19H20ClFN6O/c27-17-9-18-19(12-31-23(18)30-11-17)24-32-13-20(28)25(33-24)29-10-15-4-3-7-34(14-15)26(35)22-8-16-5-1-2-6-21(16)36-22;1-11(28)27-4-2-3-12(10-27)6-22-19-16(21)9-25-18(26-19)15-8-24-17-14(15)5-13(20)7-23-17/h1-2,5-6,8-9,11-13,15H,3-4,7,10,14H2,(H,30,31)(H,29,32,33);5,7-9,12H,2-4,6,10H2,1H3,(H,23,24)(H,22,25,26). The molecule has 0 spiro atoms. The first kappa shape index (κ1) is 43.0. The summed E-state index contributed by atoms with van der Waals surface area (Å²) in [7, 11) is 0. The molecule has 2 unspecified atom stereocenters. The Morgan fingerprint density at radius 2 is 1.28 bits per heavy atom. The number of H-pyrrole nitrogens is 2. The first-order valence-corrected chi connectivity index (χ1v) is 22.5. The van der Waals surface area contributed by atoms with Gasteiger partial charge in [-0.05, 0) is 67.2 Å². The van der Waals surface area contributed by atoms with Crippen LogP contribution in [0.5, 0.6) is 0 Å². The summed E-state index contributed by atoms with van der Waals surface area (Å²) in [6, 6.07) is 13.5. The van der Waals surface area contributed by atoms with Crippen LogP contribution < -0.4 is 10.6 Å². The van der Waals surface area contributed by atoms with Gasteiger partial charge in [0.1, 0.15) is 11.3 Å². The number of carbonyl (C=O) groups is 2. The topological polar surface area (TPSA) is 174 Å². The van der Waals surface area contributed by atoms with E-state index in [-0.39, 0.29) is 35.3 Å². The second-order valence-corrected chi connectivity index (χ2v) is 17.9. The number of nitrogens with zero attached hydrogens (tertiary/aromatic N) is 8. The zero-order valence-electron chi connectivity index (χ0n) is 34.5. The smallest absolute Gasteiger partial charge is 0.263 e. The highest BCUT2D eigenvalue weighted by Crippen LogP contribution is 2.31. The number of aromatic nitrogens is 8. The van der Waals surface area contributed by atoms with Crippen molar-refractivity contribution in [2.45, 2.75) is 32.6 Å². The van der Waals surface area contributed by atoms with Gasteiger partial charge < -0.3 is 30.4 Å². The number of thiophene rings is 1. The molecule has 7 aromatic heterocycles. The number of carbonyl (C=O) groups excluding carboxylic acids is 2. The van der Waals surface area contributed by atoms with Gasteiger partial charge in [0.15, 0.2) is 34.9 Å². The van der Waals surface area contributed by atoms with E-state index < -0.39 is 11.6 Å². The van der Waals surface area contributed by atoms with Crippen LogP contribution in [-0.2, 0) is 4.79 Å². The van der Waals surface area contributed by atoms with Crippen LogP contribution in [0.15, 0.2) is 79.6 Å². The third kappa shape index (κ3) is 9.46. The van der Waals surface area contributed by atoms with Crippen LogP contribution in [0.4, 0.5) is 20.4 Å². The number of halogens is 4. The van der Waals surface area contributed by atoms with Crippen LogP contribution in [0.3, 0.4) is 0 Å². The number of aromatic amines is 2. The second-order valence-electron chi connectivity index (χ2n) is 15.9. The molecular weight excluding hydrogens is 882 g/mol. The fourth-order valence-electron chi connectivity index (χ4n) is 8.23. The number of benzene rings is 1. The molecule has 10 rings (SSSR count). The van der Waals surface area contributed by atoms with Gasteiger partial charge in [0, 0.05) is 97.6 Å². The summed E-state index contributed by atoms with van der Waals surface area (Å²) in [5.74, 6) is 0.578. The van der Waals surface area contributed by atoms with Crippen LogP contribution in [-0.4, -0.2) is 101 Å². The van der Waals surface area contributed by atoms with E-state index in [1.807, 2.05) is 40.1 Å². The fourth-order valence-corrected chi connectivity index (χ4v) is 9.57. The average Bonchev–Trinajstić information content (AvgIpc) is 4.06. The summed E-state index contributed by atoms with van der Waals surface area (Å²) >= 11 is 13.7. The molecule has 0 saturated carbocycles. The van der Waals surface area contributed by atoms with Crippen molar-refractivity contribution in [3.05, 3.63) is 106 Å². The summed E-state index contributed by atoms with van der Waals surface area (Å²) in [5, 5.41) is 9.86. The van der Waals surface area contributed by atoms with Crippen molar-refractivity contribution >= 4 is 90.1 Å². The minimum atomic E-state index is -0.524. The number of likely N-dealkylation sites (tertiary alicyclic amines) is 2. The summed E-state index contributed by atoms with van der Waals surface area (Å²) in [6.07, 6.45) is 12.7. The van der Waals surface area contributed by atoms with Gasteiger partial charge in [-0.2, -0.15) is 0 Å². The van der Waals surface area contributed by atoms with Crippen molar-refractivity contribution in [2.24, 2.45) is 11.8 Å². The lowest BCUT2D eigenvalue weighted by molar-refractivity contribution is -0.130. The Labute approximate surface area is 379 Å². The summed E-state index contributed by atoms with van der Waals surface area (Å²) in [5.41, 5.74) is 2.71. The van der Waals surface area contributed by atoms with Crippen molar-refractivity contribution in [3.63, 3.8) is 0 Å². The maximum absolute atomic E-state index is 14.6. The second kappa shape index (κ2) is 18.8. The zero-order valence-corrected chi connectivity index (χ0v) is 36.9. The third-order valence-corrected chi connectivity index (χ3v) is 13.0. The van der Waals surface area contributed by atoms with Crippen molar-refractivity contribution < 1.29 is 18.4 Å². The molecule has 9 heterocycles. The Bertz CT molecular complexity index is 2960. The Kier molecular flexibility index (Phi) is 12.6. The Morgan fingerprint density at radius 1 is 0.750 bits per heavy atom. The van der Waals surface area contributed by atoms with Crippen LogP contribution in [0.1, 0.15) is 42.3 Å². The molecule has 2 saturated heterocycles. The van der Waals surface area contributed by atoms with E-state index in [0.29, 0.717) is 70.3 Å². The lowest BCUT2D eigenvalue weighted by Gasteiger charge is -2.32. The van der Waals surface area contributed by atoms with Crippen LogP contribution >= 0.6 is 34.5 Å². The van der Waals surface area contributed by atoms with Gasteiger partial charge in [0.05, 0.1) is 27.3 Å². The fraction of sp³-hybridized carbons (Fsp3) is 0.289. The minimum absolute atomic E-state index is 0.0583. The van der Waals surface area contributed by atoms with Gasteiger partial charge in [0.25, 0.3) is 5.91 Å². The molecule has 0 bridgehead atoms. The van der Waals surface area contributed by atoms with Gasteiger partial charge in [-0.1, -0.05) is 41.4 Å². The SMILES string of the molecule is CC(=O)N1CCCC(CNc2nc(-c3c[nH]c4ncc(Cl)cc34)ncc2F)C1.O=C(c1cc2ccccc2s1)N1CCCC(CNc2nc(-c3c[nH]c4ncc(Cl)cc34)ncc2F)C1. The van der Waals surface area contributed by atoms with Crippen LogP contribution in [0.2, 0.25) is 10.0 Å². The third-order valence-electron chi connectivity index (χ3n) is 11.5. The highest BCUT2D eigenvalue weighted by molar-refractivity contribution is 7.20. The van der Waals surface area contributed by atoms with Crippen molar-refractivity contribution in [2.75, 3.05) is 49.9 Å². The van der Waals surface area contributed by atoms with E-state index >= 15 is 0 Å². The number of fused-ring (bicyclic) bond motifs is 3. The molecule has 0 aliphatic carbocycles. The van der Waals surface area contributed by atoms with Crippen molar-refractivity contribution in [3.8, 4) is 22.8 Å². The first-order chi connectivity index (χ1) is 31.1. The molecule has 328 valence electrons. The molecular formula is C45H42Cl2F2N12O2S. The molecule has 1 aromatic carbocycles. The lowest BCUT2D eigenvalue weighted by atomic mass is 9.98. The molecule has 19 heteroatoms. The Balaban J connectivity index is 0.000000167. The number of pyridine rings is 2. The molecule has 2 fully saturated rings. The first-order valence-electron chi connectivity index (χ1n) is 20.9. The van der Waals surface area contributed by atoms with E-state index in [0.717, 1.165) is 70.7 Å². The van der Waals surface area contributed by atoms with Crippen molar-refractivity contribution in [1.29, 1.82) is 0 Å². The maximum atomic E-state index is 14.6. The normalized spacial score (nSPS) is 16.5. The summed E-state index contributed by atoms with van der Waals surface area (Å²) < 4.78 is 29.9. The average molecular weight is 924 g/mol. The Morgan fingerprint density at radius 3 is 1.83 bits per heavy atom. The monoisotopic (exact) mass is 922 g/mol. The largest absolute Gasteiger partial charge is 0.367 e. The predicted molar refractivity (Wildman–Crippen MR) is 247 cm³/mol. The Hall–Kier alpha value is -6.30. The highest BCUT2D eigenvalue weighted by Gasteiger charge is 2.27. The van der Waals surface area contributed by atoms with Gasteiger partial charge in [-0.3, -0.25) is 9.59 Å². The van der Waals surface area contributed by atoms with Crippen LogP contribution in [0, 0.1) is 23.5 Å². The molecule has 14 nitrogen and oxygen atoms in total. The lowest BCUT2D eigenvalue weighted by Crippen LogP contribution is -2.41. The van der Waals surface area contributed by atoms with E-state index in [9.17, 15) is 18.4 Å². The molecule has 2 aliphatic rings. The molecule has 4 N–H and O–H groups in total. The molecule has 64 heavy (non-hydrogen) atoms. The zero-order chi connectivity index (χ0) is 44.3. The molecule has 0 radical (unpaired) electrons. The van der Waals surface area contributed by atoms with Gasteiger partial charge >= 0.3 is 0 Å².